The van der Waals surface area contributed by atoms with E-state index >= 15 is 0 Å². The number of carbonyl (C=O) groups excluding carboxylic acids is 2. The number of amides is 2. The zero-order valence-electron chi connectivity index (χ0n) is 17.2. The predicted octanol–water partition coefficient (Wildman–Crippen LogP) is 3.28. The second-order valence-electron chi connectivity index (χ2n) is 6.61. The van der Waals surface area contributed by atoms with Gasteiger partial charge < -0.3 is 9.47 Å². The van der Waals surface area contributed by atoms with Crippen molar-refractivity contribution < 1.29 is 19.1 Å². The summed E-state index contributed by atoms with van der Waals surface area (Å²) in [6, 6.07) is 14.3. The van der Waals surface area contributed by atoms with Gasteiger partial charge in [0.1, 0.15) is 11.5 Å². The van der Waals surface area contributed by atoms with Crippen LogP contribution in [0.5, 0.6) is 11.5 Å². The smallest absolute Gasteiger partial charge is 0.276 e. The van der Waals surface area contributed by atoms with E-state index < -0.39 is 11.8 Å². The maximum atomic E-state index is 12.5. The summed E-state index contributed by atoms with van der Waals surface area (Å²) in [5, 5.41) is 2.48. The molecule has 0 bridgehead atoms. The van der Waals surface area contributed by atoms with Crippen molar-refractivity contribution in [1.29, 1.82) is 0 Å². The van der Waals surface area contributed by atoms with Gasteiger partial charge >= 0.3 is 0 Å². The lowest BCUT2D eigenvalue weighted by Crippen LogP contribution is -2.49. The molecule has 2 aromatic carbocycles. The van der Waals surface area contributed by atoms with E-state index in [4.69, 9.17) is 21.7 Å². The Bertz CT molecular complexity index is 856. The molecule has 160 valence electrons. The number of ether oxygens (including phenoxy) is 2. The average Bonchev–Trinajstić information content (AvgIpc) is 2.75. The third kappa shape index (κ3) is 8.08. The standard InChI is InChI=1S/C22H27N3O4S/c1-3-4-7-14-28-19-9-6-5-8-18(19)21(27)23-22(30)25-24-20(26)15-29-17-12-10-16(2)11-13-17/h5-6,8-13H,3-4,7,14-15H2,1-2H3,(H,24,26)(H2,23,25,27,30). The minimum absolute atomic E-state index is 0.0375. The van der Waals surface area contributed by atoms with Crippen molar-refractivity contribution >= 4 is 29.1 Å². The van der Waals surface area contributed by atoms with Gasteiger partial charge in [-0.25, -0.2) is 0 Å². The van der Waals surface area contributed by atoms with E-state index in [1.165, 1.54) is 0 Å². The van der Waals surface area contributed by atoms with Crippen LogP contribution >= 0.6 is 12.2 Å². The molecule has 0 aliphatic heterocycles. The van der Waals surface area contributed by atoms with Crippen LogP contribution in [0.3, 0.4) is 0 Å². The largest absolute Gasteiger partial charge is 0.493 e. The number of hydrogen-bond donors (Lipinski definition) is 3. The van der Waals surface area contributed by atoms with Crippen LogP contribution in [0.2, 0.25) is 0 Å². The summed E-state index contributed by atoms with van der Waals surface area (Å²) in [7, 11) is 0. The van der Waals surface area contributed by atoms with Gasteiger partial charge in [0.2, 0.25) is 0 Å². The minimum atomic E-state index is -0.438. The van der Waals surface area contributed by atoms with Crippen LogP contribution in [-0.4, -0.2) is 30.1 Å². The quantitative estimate of drug-likeness (QED) is 0.322. The first-order chi connectivity index (χ1) is 14.5. The van der Waals surface area contributed by atoms with Gasteiger partial charge in [0, 0.05) is 0 Å². The van der Waals surface area contributed by atoms with Crippen molar-refractivity contribution in [3.63, 3.8) is 0 Å². The summed E-state index contributed by atoms with van der Waals surface area (Å²) in [4.78, 5) is 24.4. The van der Waals surface area contributed by atoms with Crippen molar-refractivity contribution in [2.45, 2.75) is 33.1 Å². The molecule has 7 nitrogen and oxygen atoms in total. The molecule has 2 aromatic rings. The highest BCUT2D eigenvalue weighted by Gasteiger charge is 2.14. The molecule has 3 N–H and O–H groups in total. The fourth-order valence-corrected chi connectivity index (χ4v) is 2.61. The number of thiocarbonyl (C=S) groups is 1. The number of rotatable bonds is 9. The summed E-state index contributed by atoms with van der Waals surface area (Å²) in [6.45, 7) is 4.42. The average molecular weight is 430 g/mol. The Labute approximate surface area is 182 Å². The Morgan fingerprint density at radius 2 is 1.70 bits per heavy atom. The molecule has 0 fully saturated rings. The summed E-state index contributed by atoms with van der Waals surface area (Å²) in [5.74, 6) is 0.210. The van der Waals surface area contributed by atoms with Gasteiger partial charge in [-0.1, -0.05) is 49.6 Å². The van der Waals surface area contributed by atoms with Crippen LogP contribution in [0.25, 0.3) is 0 Å². The molecule has 8 heteroatoms. The molecule has 0 saturated heterocycles. The summed E-state index contributed by atoms with van der Waals surface area (Å²) in [6.07, 6.45) is 3.08. The zero-order chi connectivity index (χ0) is 21.8. The van der Waals surface area contributed by atoms with E-state index in [1.54, 1.807) is 36.4 Å². The number of aryl methyl sites for hydroxylation is 1. The molecule has 0 saturated carbocycles. The number of hydrogen-bond acceptors (Lipinski definition) is 5. The molecule has 0 aliphatic rings. The van der Waals surface area contributed by atoms with Gasteiger partial charge in [0.05, 0.1) is 12.2 Å². The Balaban J connectivity index is 1.77. The summed E-state index contributed by atoms with van der Waals surface area (Å²) in [5.41, 5.74) is 6.34. The van der Waals surface area contributed by atoms with Gasteiger partial charge in [0.25, 0.3) is 11.8 Å². The molecule has 2 amide bonds. The van der Waals surface area contributed by atoms with Crippen molar-refractivity contribution in [3.05, 3.63) is 59.7 Å². The van der Waals surface area contributed by atoms with E-state index in [1.807, 2.05) is 19.1 Å². The lowest BCUT2D eigenvalue weighted by atomic mass is 10.2. The molecule has 0 heterocycles. The van der Waals surface area contributed by atoms with Gasteiger partial charge in [-0.3, -0.25) is 25.8 Å². The molecular formula is C22H27N3O4S. The maximum absolute atomic E-state index is 12.5. The lowest BCUT2D eigenvalue weighted by molar-refractivity contribution is -0.123. The first kappa shape index (κ1) is 23.2. The Kier molecular flexibility index (Phi) is 9.60. The fourth-order valence-electron chi connectivity index (χ4n) is 2.46. The summed E-state index contributed by atoms with van der Waals surface area (Å²) < 4.78 is 11.1. The first-order valence-electron chi connectivity index (χ1n) is 9.81. The van der Waals surface area contributed by atoms with Crippen molar-refractivity contribution in [3.8, 4) is 11.5 Å². The predicted molar refractivity (Wildman–Crippen MR) is 119 cm³/mol. The molecular weight excluding hydrogens is 402 g/mol. The zero-order valence-corrected chi connectivity index (χ0v) is 18.0. The number of carbonyl (C=O) groups is 2. The van der Waals surface area contributed by atoms with Crippen LogP contribution < -0.4 is 25.6 Å². The topological polar surface area (TPSA) is 88.7 Å². The van der Waals surface area contributed by atoms with Gasteiger partial charge in [-0.15, -0.1) is 0 Å². The highest BCUT2D eigenvalue weighted by molar-refractivity contribution is 7.80. The van der Waals surface area contributed by atoms with Crippen LogP contribution in [0.1, 0.15) is 42.1 Å². The molecule has 0 aromatic heterocycles. The summed E-state index contributed by atoms with van der Waals surface area (Å²) >= 11 is 5.07. The first-order valence-corrected chi connectivity index (χ1v) is 10.2. The van der Waals surface area contributed by atoms with Crippen molar-refractivity contribution in [2.75, 3.05) is 13.2 Å². The third-order valence-corrected chi connectivity index (χ3v) is 4.27. The number of benzene rings is 2. The minimum Gasteiger partial charge on any atom is -0.493 e. The second-order valence-corrected chi connectivity index (χ2v) is 7.02. The molecule has 2 rings (SSSR count). The molecule has 0 radical (unpaired) electrons. The maximum Gasteiger partial charge on any atom is 0.276 e. The molecule has 0 atom stereocenters. The second kappa shape index (κ2) is 12.4. The van der Waals surface area contributed by atoms with E-state index in [9.17, 15) is 9.59 Å². The van der Waals surface area contributed by atoms with Crippen LogP contribution in [0, 0.1) is 6.92 Å². The number of unbranched alkanes of at least 4 members (excludes halogenated alkanes) is 2. The molecule has 30 heavy (non-hydrogen) atoms. The Morgan fingerprint density at radius 3 is 2.43 bits per heavy atom. The third-order valence-electron chi connectivity index (χ3n) is 4.07. The number of para-hydroxylation sites is 1. The van der Waals surface area contributed by atoms with E-state index in [2.05, 4.69) is 23.1 Å². The number of nitrogens with one attached hydrogen (secondary N) is 3. The van der Waals surface area contributed by atoms with Crippen LogP contribution in [0.15, 0.2) is 48.5 Å². The SMILES string of the molecule is CCCCCOc1ccccc1C(=O)NC(=S)NNC(=O)COc1ccc(C)cc1. The van der Waals surface area contributed by atoms with Crippen LogP contribution in [-0.2, 0) is 4.79 Å². The molecule has 0 unspecified atom stereocenters. The Hall–Kier alpha value is -3.13. The van der Waals surface area contributed by atoms with E-state index in [-0.39, 0.29) is 11.7 Å². The normalized spacial score (nSPS) is 10.1. The fraction of sp³-hybridized carbons (Fsp3) is 0.318. The Morgan fingerprint density at radius 1 is 0.967 bits per heavy atom. The lowest BCUT2D eigenvalue weighted by Gasteiger charge is -2.13. The highest BCUT2D eigenvalue weighted by Crippen LogP contribution is 2.18. The van der Waals surface area contributed by atoms with Gasteiger partial charge in [-0.05, 0) is 49.8 Å². The highest BCUT2D eigenvalue weighted by atomic mass is 32.1. The van der Waals surface area contributed by atoms with Gasteiger partial charge in [-0.2, -0.15) is 0 Å². The number of hydrazine groups is 1. The van der Waals surface area contributed by atoms with E-state index in [0.29, 0.717) is 23.7 Å². The van der Waals surface area contributed by atoms with Crippen molar-refractivity contribution in [1.82, 2.24) is 16.2 Å². The van der Waals surface area contributed by atoms with E-state index in [0.717, 1.165) is 24.8 Å². The molecule has 0 aliphatic carbocycles. The van der Waals surface area contributed by atoms with Gasteiger partial charge in [0.15, 0.2) is 11.7 Å². The molecule has 0 spiro atoms. The van der Waals surface area contributed by atoms with Crippen molar-refractivity contribution in [2.24, 2.45) is 0 Å². The monoisotopic (exact) mass is 429 g/mol. The van der Waals surface area contributed by atoms with Crippen LogP contribution in [0.4, 0.5) is 0 Å².